The highest BCUT2D eigenvalue weighted by Gasteiger charge is 2.29. The number of urea groups is 1. The molecule has 1 heterocycles. The Balaban J connectivity index is 1.50. The maximum atomic E-state index is 12.5. The molecule has 6 nitrogen and oxygen atoms in total. The zero-order valence-corrected chi connectivity index (χ0v) is 15.3. The first-order valence-corrected chi connectivity index (χ1v) is 9.31. The maximum Gasteiger partial charge on any atom is 0.429 e. The van der Waals surface area contributed by atoms with E-state index in [0.29, 0.717) is 19.6 Å². The van der Waals surface area contributed by atoms with E-state index in [-0.39, 0.29) is 12.6 Å². The first-order valence-electron chi connectivity index (χ1n) is 9.31. The molecule has 1 aliphatic rings. The fourth-order valence-corrected chi connectivity index (χ4v) is 3.01. The van der Waals surface area contributed by atoms with Crippen molar-refractivity contribution >= 4 is 12.1 Å². The maximum absolute atomic E-state index is 12.5. The summed E-state index contributed by atoms with van der Waals surface area (Å²) in [5.41, 5.74) is 2.08. The number of rotatable bonds is 5. The topological polar surface area (TPSA) is 61.9 Å². The van der Waals surface area contributed by atoms with E-state index in [0.717, 1.165) is 30.4 Å². The van der Waals surface area contributed by atoms with E-state index in [4.69, 9.17) is 4.74 Å². The van der Waals surface area contributed by atoms with Crippen LogP contribution in [0.15, 0.2) is 60.7 Å². The molecule has 0 aromatic heterocycles. The molecule has 0 aliphatic carbocycles. The summed E-state index contributed by atoms with van der Waals surface area (Å²) in [4.78, 5) is 25.0. The van der Waals surface area contributed by atoms with Gasteiger partial charge in [-0.3, -0.25) is 0 Å². The van der Waals surface area contributed by atoms with Gasteiger partial charge in [-0.05, 0) is 30.4 Å². The molecule has 3 amide bonds. The van der Waals surface area contributed by atoms with E-state index < -0.39 is 6.09 Å². The second-order valence-electron chi connectivity index (χ2n) is 6.46. The first kappa shape index (κ1) is 18.8. The number of ether oxygens (including phenoxy) is 1. The van der Waals surface area contributed by atoms with Crippen LogP contribution in [-0.2, 0) is 17.8 Å². The van der Waals surface area contributed by atoms with Gasteiger partial charge < -0.3 is 10.1 Å². The second kappa shape index (κ2) is 9.62. The van der Waals surface area contributed by atoms with Crippen LogP contribution < -0.4 is 5.32 Å². The van der Waals surface area contributed by atoms with Gasteiger partial charge in [-0.2, -0.15) is 0 Å². The lowest BCUT2D eigenvalue weighted by Gasteiger charge is -2.37. The molecule has 0 atom stereocenters. The van der Waals surface area contributed by atoms with Gasteiger partial charge in [-0.15, -0.1) is 0 Å². The molecule has 1 N–H and O–H groups in total. The van der Waals surface area contributed by atoms with Crippen molar-refractivity contribution in [1.82, 2.24) is 15.3 Å². The van der Waals surface area contributed by atoms with Crippen molar-refractivity contribution < 1.29 is 14.3 Å². The number of hydrogen-bond donors (Lipinski definition) is 1. The fraction of sp³-hybridized carbons (Fsp3) is 0.333. The predicted molar refractivity (Wildman–Crippen MR) is 103 cm³/mol. The van der Waals surface area contributed by atoms with Crippen LogP contribution in [0.4, 0.5) is 9.59 Å². The van der Waals surface area contributed by atoms with E-state index in [1.165, 1.54) is 10.0 Å². The summed E-state index contributed by atoms with van der Waals surface area (Å²) in [5, 5.41) is 5.76. The standard InChI is InChI=1S/C21H25N3O3/c25-20(22-14-13-18-9-3-1-4-10-18)23-15-7-8-16-24(23)21(26)27-17-19-11-5-2-6-12-19/h1-6,9-12H,7-8,13-17H2,(H,22,25). The number of nitrogens with one attached hydrogen (secondary N) is 1. The summed E-state index contributed by atoms with van der Waals surface area (Å²) < 4.78 is 5.39. The van der Waals surface area contributed by atoms with Crippen molar-refractivity contribution in [3.63, 3.8) is 0 Å². The zero-order valence-electron chi connectivity index (χ0n) is 15.3. The highest BCUT2D eigenvalue weighted by atomic mass is 16.6. The van der Waals surface area contributed by atoms with Crippen molar-refractivity contribution in [2.24, 2.45) is 0 Å². The molecule has 0 radical (unpaired) electrons. The Bertz CT molecular complexity index is 737. The van der Waals surface area contributed by atoms with Crippen molar-refractivity contribution in [1.29, 1.82) is 0 Å². The quantitative estimate of drug-likeness (QED) is 0.878. The predicted octanol–water partition coefficient (Wildman–Crippen LogP) is 3.59. The van der Waals surface area contributed by atoms with Gasteiger partial charge in [0.15, 0.2) is 0 Å². The van der Waals surface area contributed by atoms with Crippen LogP contribution in [0.3, 0.4) is 0 Å². The smallest absolute Gasteiger partial charge is 0.429 e. The van der Waals surface area contributed by atoms with E-state index >= 15 is 0 Å². The van der Waals surface area contributed by atoms with Crippen LogP contribution in [0.2, 0.25) is 0 Å². The third-order valence-electron chi connectivity index (χ3n) is 4.46. The third-order valence-corrected chi connectivity index (χ3v) is 4.46. The molecular weight excluding hydrogens is 342 g/mol. The average molecular weight is 367 g/mol. The minimum absolute atomic E-state index is 0.194. The minimum atomic E-state index is -0.489. The number of hydrogen-bond acceptors (Lipinski definition) is 3. The Hall–Kier alpha value is -3.02. The van der Waals surface area contributed by atoms with Crippen LogP contribution in [-0.4, -0.2) is 41.8 Å². The number of carbonyl (C=O) groups is 2. The van der Waals surface area contributed by atoms with Gasteiger partial charge in [-0.25, -0.2) is 19.6 Å². The highest BCUT2D eigenvalue weighted by Crippen LogP contribution is 2.14. The molecule has 3 rings (SSSR count). The molecule has 0 bridgehead atoms. The van der Waals surface area contributed by atoms with E-state index in [1.54, 1.807) is 0 Å². The molecule has 0 saturated carbocycles. The van der Waals surface area contributed by atoms with Gasteiger partial charge in [0.25, 0.3) is 0 Å². The normalized spacial score (nSPS) is 13.9. The molecule has 142 valence electrons. The van der Waals surface area contributed by atoms with Crippen LogP contribution in [0.1, 0.15) is 24.0 Å². The summed E-state index contributed by atoms with van der Waals surface area (Å²) in [6.07, 6.45) is 1.98. The molecule has 2 aromatic carbocycles. The van der Waals surface area contributed by atoms with Crippen molar-refractivity contribution in [2.75, 3.05) is 19.6 Å². The number of nitrogens with zero attached hydrogens (tertiary/aromatic N) is 2. The summed E-state index contributed by atoms with van der Waals surface area (Å²) in [7, 11) is 0. The van der Waals surface area contributed by atoms with Crippen molar-refractivity contribution in [3.05, 3.63) is 71.8 Å². The number of hydrazine groups is 1. The van der Waals surface area contributed by atoms with Gasteiger partial charge in [0.1, 0.15) is 6.61 Å². The molecule has 0 unspecified atom stereocenters. The van der Waals surface area contributed by atoms with Gasteiger partial charge in [0.05, 0.1) is 0 Å². The summed E-state index contributed by atoms with van der Waals surface area (Å²) in [6.45, 7) is 1.71. The molecule has 1 fully saturated rings. The average Bonchev–Trinajstić information content (AvgIpc) is 2.73. The Morgan fingerprint density at radius 3 is 2.11 bits per heavy atom. The lowest BCUT2D eigenvalue weighted by atomic mass is 10.1. The third kappa shape index (κ3) is 5.48. The Labute approximate surface area is 159 Å². The van der Waals surface area contributed by atoms with E-state index in [9.17, 15) is 9.59 Å². The Morgan fingerprint density at radius 2 is 1.44 bits per heavy atom. The summed E-state index contributed by atoms with van der Waals surface area (Å²) in [5.74, 6) is 0. The number of amides is 3. The van der Waals surface area contributed by atoms with Crippen molar-refractivity contribution in [2.45, 2.75) is 25.9 Å². The van der Waals surface area contributed by atoms with E-state index in [1.807, 2.05) is 60.7 Å². The molecule has 2 aromatic rings. The Kier molecular flexibility index (Phi) is 6.68. The Morgan fingerprint density at radius 1 is 0.852 bits per heavy atom. The monoisotopic (exact) mass is 367 g/mol. The van der Waals surface area contributed by atoms with Crippen LogP contribution >= 0.6 is 0 Å². The second-order valence-corrected chi connectivity index (χ2v) is 6.46. The molecule has 27 heavy (non-hydrogen) atoms. The van der Waals surface area contributed by atoms with Gasteiger partial charge >= 0.3 is 12.1 Å². The molecule has 1 aliphatic heterocycles. The van der Waals surface area contributed by atoms with Crippen LogP contribution in [0, 0.1) is 0 Å². The zero-order chi connectivity index (χ0) is 18.9. The lowest BCUT2D eigenvalue weighted by Crippen LogP contribution is -2.56. The highest BCUT2D eigenvalue weighted by molar-refractivity contribution is 5.78. The number of benzene rings is 2. The van der Waals surface area contributed by atoms with E-state index in [2.05, 4.69) is 5.32 Å². The SMILES string of the molecule is O=C(NCCc1ccccc1)N1CCCCN1C(=O)OCc1ccccc1. The van der Waals surface area contributed by atoms with Gasteiger partial charge in [-0.1, -0.05) is 60.7 Å². The van der Waals surface area contributed by atoms with Crippen molar-refractivity contribution in [3.8, 4) is 0 Å². The molecule has 1 saturated heterocycles. The number of carbonyl (C=O) groups excluding carboxylic acids is 2. The van der Waals surface area contributed by atoms with Crippen LogP contribution in [0.25, 0.3) is 0 Å². The van der Waals surface area contributed by atoms with Gasteiger partial charge in [0.2, 0.25) is 0 Å². The minimum Gasteiger partial charge on any atom is -0.443 e. The first-order chi connectivity index (χ1) is 13.2. The van der Waals surface area contributed by atoms with Crippen LogP contribution in [0.5, 0.6) is 0 Å². The molecular formula is C21H25N3O3. The summed E-state index contributed by atoms with van der Waals surface area (Å²) in [6, 6.07) is 19.2. The summed E-state index contributed by atoms with van der Waals surface area (Å²) >= 11 is 0. The van der Waals surface area contributed by atoms with Gasteiger partial charge in [0, 0.05) is 19.6 Å². The lowest BCUT2D eigenvalue weighted by molar-refractivity contribution is -0.0152. The largest absolute Gasteiger partial charge is 0.443 e. The molecule has 6 heteroatoms. The molecule has 0 spiro atoms. The fourth-order valence-electron chi connectivity index (χ4n) is 3.01.